The molecule has 16 nitrogen and oxygen atoms in total. The van der Waals surface area contributed by atoms with Crippen molar-refractivity contribution in [1.29, 1.82) is 0 Å². The van der Waals surface area contributed by atoms with Gasteiger partial charge in [0.25, 0.3) is 5.91 Å². The van der Waals surface area contributed by atoms with Crippen LogP contribution in [0, 0.1) is 0 Å². The fraction of sp³-hybridized carbons (Fsp3) is 0.484. The van der Waals surface area contributed by atoms with Crippen LogP contribution in [-0.2, 0) is 51.6 Å². The number of sulfonamides is 1. The Bertz CT molecular complexity index is 2780. The maximum Gasteiger partial charge on any atom is 0.251 e. The number of carbonyl (C=O) groups is 2. The highest BCUT2D eigenvalue weighted by Crippen LogP contribution is 2.41. The van der Waals surface area contributed by atoms with E-state index in [-0.39, 0.29) is 104 Å². The van der Waals surface area contributed by atoms with Gasteiger partial charge in [0.2, 0.25) is 10.0 Å². The van der Waals surface area contributed by atoms with Gasteiger partial charge in [0.15, 0.2) is 15.6 Å². The summed E-state index contributed by atoms with van der Waals surface area (Å²) in [5.74, 6) is 0.903. The molecule has 0 saturated carbocycles. The number of hydrogen-bond donors (Lipinski definition) is 2. The van der Waals surface area contributed by atoms with Gasteiger partial charge in [-0.15, -0.1) is 0 Å². The Labute approximate surface area is 472 Å². The number of nitrogens with zero attached hydrogens (tertiary/aromatic N) is 2. The normalized spacial score (nSPS) is 19.6. The van der Waals surface area contributed by atoms with Crippen LogP contribution in [0.4, 0.5) is 0 Å². The lowest BCUT2D eigenvalue weighted by Crippen LogP contribution is -2.43. The van der Waals surface area contributed by atoms with Crippen molar-refractivity contribution >= 4 is 31.6 Å². The van der Waals surface area contributed by atoms with Crippen LogP contribution in [0.2, 0.25) is 0 Å². The van der Waals surface area contributed by atoms with Crippen LogP contribution in [0.5, 0.6) is 11.5 Å². The Balaban J connectivity index is 0.569. The molecule has 5 aromatic carbocycles. The van der Waals surface area contributed by atoms with Gasteiger partial charge in [-0.25, -0.2) is 21.6 Å². The van der Waals surface area contributed by atoms with Crippen molar-refractivity contribution in [2.75, 3.05) is 97.9 Å². The zero-order valence-electron chi connectivity index (χ0n) is 45.9. The topological polar surface area (TPSA) is 188 Å². The Morgan fingerprint density at radius 3 is 1.49 bits per heavy atom. The molecule has 1 unspecified atom stereocenters. The van der Waals surface area contributed by atoms with E-state index in [0.29, 0.717) is 55.3 Å². The van der Waals surface area contributed by atoms with Crippen LogP contribution in [-0.4, -0.2) is 148 Å². The van der Waals surface area contributed by atoms with Gasteiger partial charge in [0, 0.05) is 43.9 Å². The number of sulfone groups is 1. The maximum absolute atomic E-state index is 13.1. The highest BCUT2D eigenvalue weighted by molar-refractivity contribution is 7.91. The Morgan fingerprint density at radius 2 is 0.950 bits per heavy atom. The lowest BCUT2D eigenvalue weighted by molar-refractivity contribution is 0.0481. The molecule has 80 heavy (non-hydrogen) atoms. The molecule has 4 atom stereocenters. The van der Waals surface area contributed by atoms with Crippen LogP contribution >= 0.6 is 0 Å². The van der Waals surface area contributed by atoms with Gasteiger partial charge in [-0.1, -0.05) is 73.5 Å². The van der Waals surface area contributed by atoms with Crippen molar-refractivity contribution in [1.82, 2.24) is 19.8 Å². The number of hydrogen-bond acceptors (Lipinski definition) is 14. The van der Waals surface area contributed by atoms with E-state index in [4.69, 9.17) is 28.4 Å². The van der Waals surface area contributed by atoms with Gasteiger partial charge in [-0.3, -0.25) is 19.4 Å². The van der Waals surface area contributed by atoms with E-state index in [1.807, 2.05) is 6.07 Å². The smallest absolute Gasteiger partial charge is 0.251 e. The standard InChI is InChI=1S/C62H78N4O12S2/c67-59(17-11-36-73-40-43-76-39-31-64-80(71,72)54-28-24-52(25-29-54)78-61-56-16-6-4-14-50(56)46-58(61)66-34-9-2-10-35-66)47-18-20-48(21-19-47)62(68)63-30-38-75-42-41-74-37-12-44-79(69,70)53-26-22-51(23-27-53)77-60-55-15-5-3-13-49(55)45-57(60)65-32-7-1-8-33-65/h3-6,13-16,18-29,57-58,60-61,64H,1-2,7-12,17,30-46H2,(H,63,68)/t57-,58-,60?,61-/m0/s1. The van der Waals surface area contributed by atoms with Gasteiger partial charge in [0.05, 0.1) is 67.3 Å². The van der Waals surface area contributed by atoms with E-state index in [9.17, 15) is 26.4 Å². The zero-order valence-corrected chi connectivity index (χ0v) is 47.5. The first-order valence-electron chi connectivity index (χ1n) is 28.6. The Morgan fingerprint density at radius 1 is 0.487 bits per heavy atom. The number of ketones is 1. The number of likely N-dealkylation sites (tertiary alicyclic amines) is 2. The second-order valence-electron chi connectivity index (χ2n) is 21.0. The van der Waals surface area contributed by atoms with Gasteiger partial charge >= 0.3 is 0 Å². The summed E-state index contributed by atoms with van der Waals surface area (Å²) in [6.45, 7) is 6.89. The summed E-state index contributed by atoms with van der Waals surface area (Å²) in [5, 5.41) is 2.81. The molecule has 18 heteroatoms. The van der Waals surface area contributed by atoms with E-state index in [1.165, 1.54) is 60.8 Å². The van der Waals surface area contributed by atoms with E-state index >= 15 is 0 Å². The number of Topliss-reactive ketones (excluding diaryl/α,β-unsaturated/α-hetero) is 1. The molecule has 2 saturated heterocycles. The van der Waals surface area contributed by atoms with E-state index in [2.05, 4.69) is 62.3 Å². The number of amides is 1. The molecule has 5 aromatic rings. The molecule has 0 bridgehead atoms. The highest BCUT2D eigenvalue weighted by atomic mass is 32.2. The Hall–Kier alpha value is -5.54. The van der Waals surface area contributed by atoms with Crippen molar-refractivity contribution in [3.63, 3.8) is 0 Å². The predicted octanol–water partition coefficient (Wildman–Crippen LogP) is 8.35. The number of benzene rings is 5. The zero-order chi connectivity index (χ0) is 55.6. The first kappa shape index (κ1) is 59.1. The molecular weight excluding hydrogens is 1060 g/mol. The maximum atomic E-state index is 13.1. The second kappa shape index (κ2) is 29.4. The predicted molar refractivity (Wildman–Crippen MR) is 306 cm³/mol. The lowest BCUT2D eigenvalue weighted by Gasteiger charge is -2.35. The molecule has 2 aliphatic heterocycles. The minimum atomic E-state index is -3.75. The average Bonchev–Trinajstić information content (AvgIpc) is 4.07. The monoisotopic (exact) mass is 1130 g/mol. The van der Waals surface area contributed by atoms with Crippen LogP contribution in [0.25, 0.3) is 0 Å². The molecule has 2 fully saturated rings. The molecule has 1 amide bonds. The van der Waals surface area contributed by atoms with Crippen molar-refractivity contribution in [2.24, 2.45) is 0 Å². The van der Waals surface area contributed by atoms with Crippen LogP contribution in [0.15, 0.2) is 131 Å². The largest absolute Gasteiger partial charge is 0.484 e. The Kier molecular flexibility index (Phi) is 21.7. The summed E-state index contributed by atoms with van der Waals surface area (Å²) < 4.78 is 90.4. The lowest BCUT2D eigenvalue weighted by atomic mass is 10.0. The second-order valence-corrected chi connectivity index (χ2v) is 24.9. The van der Waals surface area contributed by atoms with Crippen LogP contribution < -0.4 is 19.5 Å². The van der Waals surface area contributed by atoms with Gasteiger partial charge in [-0.05, 0) is 160 Å². The van der Waals surface area contributed by atoms with Crippen LogP contribution in [0.1, 0.15) is 113 Å². The third kappa shape index (κ3) is 16.3. The number of fused-ring (bicyclic) bond motifs is 2. The quantitative estimate of drug-likeness (QED) is 0.0318. The SMILES string of the molecule is O=C(CCCOCCOCCNS(=O)(=O)c1ccc(O[C@H]2c3ccccc3C[C@@H]2N2CCCCC2)cc1)c1ccc(C(=O)NCCOCCOCCCS(=O)(=O)c2ccc(OC3c4ccccc4C[C@@H]3N3CCCCC3)cc2)cc1. The number of carbonyl (C=O) groups excluding carboxylic acids is 2. The fourth-order valence-electron chi connectivity index (χ4n) is 11.3. The molecule has 2 aliphatic carbocycles. The third-order valence-corrected chi connectivity index (χ3v) is 18.8. The molecule has 2 N–H and O–H groups in total. The average molecular weight is 1140 g/mol. The number of piperidine rings is 2. The minimum absolute atomic E-state index is 0.0417. The minimum Gasteiger partial charge on any atom is -0.484 e. The molecule has 430 valence electrons. The third-order valence-electron chi connectivity index (χ3n) is 15.5. The number of rotatable bonds is 31. The van der Waals surface area contributed by atoms with Gasteiger partial charge < -0.3 is 33.7 Å². The van der Waals surface area contributed by atoms with Crippen molar-refractivity contribution in [3.8, 4) is 11.5 Å². The molecule has 0 radical (unpaired) electrons. The molecule has 0 aromatic heterocycles. The van der Waals surface area contributed by atoms with Crippen LogP contribution in [0.3, 0.4) is 0 Å². The summed E-state index contributed by atoms with van der Waals surface area (Å²) >= 11 is 0. The van der Waals surface area contributed by atoms with Gasteiger partial charge in [0.1, 0.15) is 23.7 Å². The summed E-state index contributed by atoms with van der Waals surface area (Å²) in [6.07, 6.45) is 10.1. The first-order chi connectivity index (χ1) is 39.0. The summed E-state index contributed by atoms with van der Waals surface area (Å²) in [4.78, 5) is 31.0. The molecule has 0 spiro atoms. The highest BCUT2D eigenvalue weighted by Gasteiger charge is 2.40. The van der Waals surface area contributed by atoms with Gasteiger partial charge in [-0.2, -0.15) is 0 Å². The van der Waals surface area contributed by atoms with Crippen molar-refractivity contribution in [2.45, 2.75) is 105 Å². The molecule has 2 heterocycles. The summed E-state index contributed by atoms with van der Waals surface area (Å²) in [6, 6.07) is 37.3. The van der Waals surface area contributed by atoms with Crippen molar-refractivity contribution in [3.05, 3.63) is 155 Å². The number of nitrogens with one attached hydrogen (secondary N) is 2. The van der Waals surface area contributed by atoms with E-state index in [0.717, 1.165) is 39.0 Å². The number of ether oxygens (including phenoxy) is 6. The molecular formula is C62H78N4O12S2. The molecule has 4 aliphatic rings. The first-order valence-corrected chi connectivity index (χ1v) is 31.8. The van der Waals surface area contributed by atoms with E-state index < -0.39 is 19.9 Å². The van der Waals surface area contributed by atoms with E-state index in [1.54, 1.807) is 72.8 Å². The van der Waals surface area contributed by atoms with Crippen molar-refractivity contribution < 1.29 is 54.8 Å². The molecule has 9 rings (SSSR count). The summed E-state index contributed by atoms with van der Waals surface area (Å²) in [5.41, 5.74) is 5.96. The summed E-state index contributed by atoms with van der Waals surface area (Å²) in [7, 11) is -7.25. The fourth-order valence-corrected chi connectivity index (χ4v) is 13.6.